The summed E-state index contributed by atoms with van der Waals surface area (Å²) < 4.78 is 0. The van der Waals surface area contributed by atoms with E-state index in [1.54, 1.807) is 9.80 Å². The van der Waals surface area contributed by atoms with Crippen molar-refractivity contribution in [3.05, 3.63) is 34.9 Å². The Morgan fingerprint density at radius 1 is 1.04 bits per heavy atom. The molecule has 2 amide bonds. The molecule has 3 heterocycles. The third kappa shape index (κ3) is 2.83. The van der Waals surface area contributed by atoms with Crippen molar-refractivity contribution in [2.24, 2.45) is 0 Å². The third-order valence-corrected chi connectivity index (χ3v) is 5.78. The Morgan fingerprint density at radius 2 is 1.80 bits per heavy atom. The number of piperazine rings is 2. The molecular formula is C19H25N3O3. The molecule has 6 heteroatoms. The van der Waals surface area contributed by atoms with Crippen molar-refractivity contribution >= 4 is 11.8 Å². The van der Waals surface area contributed by atoms with Crippen LogP contribution < -0.4 is 0 Å². The maximum absolute atomic E-state index is 12.8. The van der Waals surface area contributed by atoms with Crippen LogP contribution in [0, 0.1) is 13.8 Å². The fraction of sp³-hybridized carbons (Fsp3) is 0.579. The topological polar surface area (TPSA) is 64.1 Å². The van der Waals surface area contributed by atoms with Gasteiger partial charge >= 0.3 is 0 Å². The van der Waals surface area contributed by atoms with Gasteiger partial charge in [-0.05, 0) is 25.0 Å². The van der Waals surface area contributed by atoms with Crippen LogP contribution in [0.15, 0.2) is 18.2 Å². The molecule has 3 aliphatic heterocycles. The van der Waals surface area contributed by atoms with Crippen LogP contribution in [0.3, 0.4) is 0 Å². The number of amides is 2. The summed E-state index contributed by atoms with van der Waals surface area (Å²) in [5, 5.41) is 9.86. The number of aliphatic hydroxyl groups is 1. The van der Waals surface area contributed by atoms with Gasteiger partial charge in [-0.3, -0.25) is 14.5 Å². The quantitative estimate of drug-likeness (QED) is 0.838. The van der Waals surface area contributed by atoms with Gasteiger partial charge in [-0.1, -0.05) is 23.8 Å². The standard InChI is InChI=1S/C19H25N3O3/c1-12-3-4-13(2)14(7-12)9-20-5-6-21-17(11-20)19(25)22-10-15(23)8-16(22)18(21)24/h3-4,7,15-17,23H,5-6,8-11H2,1-2H3/t15-,16+,17-/m1/s1. The van der Waals surface area contributed by atoms with E-state index in [0.29, 0.717) is 19.5 Å². The van der Waals surface area contributed by atoms with Crippen molar-refractivity contribution in [3.63, 3.8) is 0 Å². The number of fused-ring (bicyclic) bond motifs is 2. The number of carbonyl (C=O) groups excluding carboxylic acids is 2. The van der Waals surface area contributed by atoms with Crippen LogP contribution in [0.1, 0.15) is 23.1 Å². The fourth-order valence-electron chi connectivity index (χ4n) is 4.34. The van der Waals surface area contributed by atoms with Gasteiger partial charge < -0.3 is 14.9 Å². The van der Waals surface area contributed by atoms with Gasteiger partial charge in [0.2, 0.25) is 11.8 Å². The molecule has 134 valence electrons. The van der Waals surface area contributed by atoms with Gasteiger partial charge in [0.05, 0.1) is 6.10 Å². The van der Waals surface area contributed by atoms with E-state index in [1.807, 2.05) is 0 Å². The summed E-state index contributed by atoms with van der Waals surface area (Å²) in [5.74, 6) is -0.000602. The number of aliphatic hydroxyl groups excluding tert-OH is 1. The molecule has 25 heavy (non-hydrogen) atoms. The molecule has 0 saturated carbocycles. The summed E-state index contributed by atoms with van der Waals surface area (Å²) in [7, 11) is 0. The van der Waals surface area contributed by atoms with Crippen LogP contribution in [0.2, 0.25) is 0 Å². The first-order valence-corrected chi connectivity index (χ1v) is 9.01. The minimum Gasteiger partial charge on any atom is -0.391 e. The number of hydrogen-bond donors (Lipinski definition) is 1. The number of rotatable bonds is 2. The van der Waals surface area contributed by atoms with Crippen LogP contribution in [0.5, 0.6) is 0 Å². The Balaban J connectivity index is 1.51. The molecule has 3 atom stereocenters. The van der Waals surface area contributed by atoms with Crippen LogP contribution in [0.4, 0.5) is 0 Å². The van der Waals surface area contributed by atoms with E-state index in [0.717, 1.165) is 13.1 Å². The van der Waals surface area contributed by atoms with Crippen molar-refractivity contribution in [2.75, 3.05) is 26.2 Å². The molecule has 6 nitrogen and oxygen atoms in total. The van der Waals surface area contributed by atoms with Crippen molar-refractivity contribution in [3.8, 4) is 0 Å². The van der Waals surface area contributed by atoms with Gasteiger partial charge in [0.1, 0.15) is 12.1 Å². The molecule has 1 N–H and O–H groups in total. The first-order valence-electron chi connectivity index (χ1n) is 9.01. The molecule has 3 fully saturated rings. The Labute approximate surface area is 148 Å². The monoisotopic (exact) mass is 343 g/mol. The number of hydrogen-bond acceptors (Lipinski definition) is 4. The van der Waals surface area contributed by atoms with Gasteiger partial charge in [-0.2, -0.15) is 0 Å². The summed E-state index contributed by atoms with van der Waals surface area (Å²) in [6.07, 6.45) is -0.203. The van der Waals surface area contributed by atoms with Crippen LogP contribution in [-0.2, 0) is 16.1 Å². The highest BCUT2D eigenvalue weighted by Gasteiger charge is 2.51. The minimum atomic E-state index is -0.578. The summed E-state index contributed by atoms with van der Waals surface area (Å²) in [6, 6.07) is 5.57. The Morgan fingerprint density at radius 3 is 2.60 bits per heavy atom. The van der Waals surface area contributed by atoms with E-state index in [4.69, 9.17) is 0 Å². The molecule has 3 aliphatic rings. The van der Waals surface area contributed by atoms with Gasteiger partial charge in [-0.15, -0.1) is 0 Å². The van der Waals surface area contributed by atoms with Crippen molar-refractivity contribution in [1.29, 1.82) is 0 Å². The maximum atomic E-state index is 12.8. The lowest BCUT2D eigenvalue weighted by Crippen LogP contribution is -2.68. The zero-order valence-corrected chi connectivity index (χ0v) is 14.8. The van der Waals surface area contributed by atoms with E-state index in [-0.39, 0.29) is 18.4 Å². The summed E-state index contributed by atoms with van der Waals surface area (Å²) >= 11 is 0. The average Bonchev–Trinajstić information content (AvgIpc) is 2.98. The van der Waals surface area contributed by atoms with E-state index < -0.39 is 18.2 Å². The largest absolute Gasteiger partial charge is 0.391 e. The summed E-state index contributed by atoms with van der Waals surface area (Å²) in [4.78, 5) is 31.1. The molecule has 0 radical (unpaired) electrons. The van der Waals surface area contributed by atoms with Gasteiger partial charge in [-0.25, -0.2) is 0 Å². The van der Waals surface area contributed by atoms with Gasteiger partial charge in [0, 0.05) is 39.1 Å². The van der Waals surface area contributed by atoms with E-state index >= 15 is 0 Å². The second-order valence-electron chi connectivity index (χ2n) is 7.61. The predicted molar refractivity (Wildman–Crippen MR) is 92.8 cm³/mol. The second kappa shape index (κ2) is 6.11. The van der Waals surface area contributed by atoms with Gasteiger partial charge in [0.25, 0.3) is 0 Å². The first-order chi connectivity index (χ1) is 11.9. The van der Waals surface area contributed by atoms with Crippen molar-refractivity contribution in [2.45, 2.75) is 45.0 Å². The SMILES string of the molecule is Cc1ccc(C)c(CN2CCN3C(=O)[C@@H]4C[C@@H](O)CN4C(=O)[C@H]3C2)c1. The van der Waals surface area contributed by atoms with Crippen molar-refractivity contribution < 1.29 is 14.7 Å². The molecule has 0 unspecified atom stereocenters. The fourth-order valence-corrected chi connectivity index (χ4v) is 4.34. The molecule has 0 bridgehead atoms. The lowest BCUT2D eigenvalue weighted by atomic mass is 10.0. The lowest BCUT2D eigenvalue weighted by Gasteiger charge is -2.47. The minimum absolute atomic E-state index is 0.00698. The molecule has 0 spiro atoms. The second-order valence-corrected chi connectivity index (χ2v) is 7.61. The van der Waals surface area contributed by atoms with Crippen LogP contribution >= 0.6 is 0 Å². The smallest absolute Gasteiger partial charge is 0.247 e. The van der Waals surface area contributed by atoms with Crippen LogP contribution in [0.25, 0.3) is 0 Å². The number of aryl methyl sites for hydroxylation is 2. The normalized spacial score (nSPS) is 29.8. The molecule has 0 aromatic heterocycles. The Bertz CT molecular complexity index is 720. The predicted octanol–water partition coefficient (Wildman–Crippen LogP) is 0.292. The Kier molecular flexibility index (Phi) is 4.04. The third-order valence-electron chi connectivity index (χ3n) is 5.78. The zero-order valence-electron chi connectivity index (χ0n) is 14.8. The molecule has 1 aromatic carbocycles. The van der Waals surface area contributed by atoms with E-state index in [9.17, 15) is 14.7 Å². The van der Waals surface area contributed by atoms with Gasteiger partial charge in [0.15, 0.2) is 0 Å². The van der Waals surface area contributed by atoms with Crippen molar-refractivity contribution in [1.82, 2.24) is 14.7 Å². The van der Waals surface area contributed by atoms with Crippen LogP contribution in [-0.4, -0.2) is 76.0 Å². The van der Waals surface area contributed by atoms with E-state index in [1.165, 1.54) is 16.7 Å². The number of nitrogens with zero attached hydrogens (tertiary/aromatic N) is 3. The molecule has 0 aliphatic carbocycles. The molecule has 1 aromatic rings. The maximum Gasteiger partial charge on any atom is 0.247 e. The first kappa shape index (κ1) is 16.5. The summed E-state index contributed by atoms with van der Waals surface area (Å²) in [5.41, 5.74) is 3.76. The molecule has 4 rings (SSSR count). The summed E-state index contributed by atoms with van der Waals surface area (Å²) in [6.45, 7) is 7.21. The number of carbonyl (C=O) groups is 2. The highest BCUT2D eigenvalue weighted by Crippen LogP contribution is 2.29. The zero-order chi connectivity index (χ0) is 17.7. The highest BCUT2D eigenvalue weighted by molar-refractivity contribution is 5.97. The average molecular weight is 343 g/mol. The lowest BCUT2D eigenvalue weighted by molar-refractivity contribution is -0.163. The van der Waals surface area contributed by atoms with E-state index in [2.05, 4.69) is 36.9 Å². The molecular weight excluding hydrogens is 318 g/mol. The highest BCUT2D eigenvalue weighted by atomic mass is 16.3. The Hall–Kier alpha value is -1.92. The molecule has 3 saturated heterocycles. The number of benzene rings is 1.